The number of anilines is 1. The Hall–Kier alpha value is -1.88. The van der Waals surface area contributed by atoms with Gasteiger partial charge < -0.3 is 10.2 Å². The topological polar surface area (TPSA) is 27.6 Å². The van der Waals surface area contributed by atoms with E-state index in [1.54, 1.807) is 6.07 Å². The van der Waals surface area contributed by atoms with Crippen LogP contribution in [0.5, 0.6) is 0 Å². The van der Waals surface area contributed by atoms with Gasteiger partial charge in [-0.15, -0.1) is 0 Å². The van der Waals surface area contributed by atoms with Gasteiger partial charge in [0.1, 0.15) is 11.4 Å². The molecular weight excluding hydrogens is 481 g/mol. The highest BCUT2D eigenvalue weighted by Crippen LogP contribution is 2.41. The fraction of sp³-hybridized carbons (Fsp3) is 0.429. The maximum atomic E-state index is 6.42. The summed E-state index contributed by atoms with van der Waals surface area (Å²) in [6, 6.07) is 14.2. The number of thiocarbonyl (C=S) groups is 1. The quantitative estimate of drug-likeness (QED) is 0.417. The molecule has 1 saturated heterocycles. The van der Waals surface area contributed by atoms with Crippen LogP contribution in [0.25, 0.3) is 6.08 Å². The van der Waals surface area contributed by atoms with Crippen LogP contribution in [0.1, 0.15) is 64.0 Å². The fourth-order valence-electron chi connectivity index (χ4n) is 4.88. The second-order valence-electron chi connectivity index (χ2n) is 10.5. The van der Waals surface area contributed by atoms with Crippen molar-refractivity contribution in [2.75, 3.05) is 4.90 Å². The Balaban J connectivity index is 1.74. The third-order valence-electron chi connectivity index (χ3n) is 6.85. The Morgan fingerprint density at radius 3 is 2.35 bits per heavy atom. The Morgan fingerprint density at radius 2 is 1.74 bits per heavy atom. The number of benzene rings is 2. The molecule has 0 bridgehead atoms. The van der Waals surface area contributed by atoms with Gasteiger partial charge in [0.15, 0.2) is 5.11 Å². The normalized spacial score (nSPS) is 20.4. The Morgan fingerprint density at radius 1 is 1.06 bits per heavy atom. The highest BCUT2D eigenvalue weighted by atomic mass is 35.5. The van der Waals surface area contributed by atoms with Crippen molar-refractivity contribution in [3.8, 4) is 0 Å². The van der Waals surface area contributed by atoms with E-state index in [1.807, 2.05) is 12.1 Å². The molecular formula is C28H33Cl2N3S. The van der Waals surface area contributed by atoms with Crippen molar-refractivity contribution in [1.29, 1.82) is 0 Å². The van der Waals surface area contributed by atoms with Crippen molar-refractivity contribution in [3.05, 3.63) is 69.7 Å². The van der Waals surface area contributed by atoms with Gasteiger partial charge >= 0.3 is 0 Å². The van der Waals surface area contributed by atoms with Gasteiger partial charge in [0.2, 0.25) is 0 Å². The molecule has 1 unspecified atom stereocenters. The van der Waals surface area contributed by atoms with E-state index >= 15 is 0 Å². The van der Waals surface area contributed by atoms with E-state index in [0.29, 0.717) is 10.0 Å². The first-order chi connectivity index (χ1) is 16.1. The molecule has 6 heteroatoms. The number of aryl methyl sites for hydroxylation is 1. The molecule has 34 heavy (non-hydrogen) atoms. The summed E-state index contributed by atoms with van der Waals surface area (Å²) < 4.78 is 0. The molecule has 2 aromatic carbocycles. The minimum Gasteiger partial charge on any atom is -0.319 e. The molecule has 0 radical (unpaired) electrons. The largest absolute Gasteiger partial charge is 0.319 e. The van der Waals surface area contributed by atoms with Crippen LogP contribution in [0.15, 0.2) is 53.5 Å². The van der Waals surface area contributed by atoms with Crippen molar-refractivity contribution >= 4 is 58.1 Å². The Bertz CT molecular complexity index is 1110. The maximum absolute atomic E-state index is 6.42. The lowest BCUT2D eigenvalue weighted by atomic mass is 9.79. The fourth-order valence-corrected chi connectivity index (χ4v) is 5.73. The van der Waals surface area contributed by atoms with Crippen LogP contribution >= 0.6 is 35.4 Å². The zero-order valence-electron chi connectivity index (χ0n) is 20.4. The second kappa shape index (κ2) is 10.0. The predicted molar refractivity (Wildman–Crippen MR) is 151 cm³/mol. The molecule has 1 aliphatic heterocycles. The van der Waals surface area contributed by atoms with E-state index < -0.39 is 0 Å². The first-order valence-electron chi connectivity index (χ1n) is 12.0. The highest BCUT2D eigenvalue weighted by Gasteiger charge is 2.50. The van der Waals surface area contributed by atoms with Gasteiger partial charge in [0.25, 0.3) is 0 Å². The van der Waals surface area contributed by atoms with Gasteiger partial charge in [-0.1, -0.05) is 99.2 Å². The summed E-state index contributed by atoms with van der Waals surface area (Å²) in [6.45, 7) is 8.76. The first-order valence-corrected chi connectivity index (χ1v) is 13.2. The zero-order chi connectivity index (χ0) is 24.5. The first kappa shape index (κ1) is 25.2. The summed E-state index contributed by atoms with van der Waals surface area (Å²) >= 11 is 18.4. The lowest BCUT2D eigenvalue weighted by Gasteiger charge is -2.41. The molecule has 1 spiro atoms. The molecule has 2 fully saturated rings. The van der Waals surface area contributed by atoms with Gasteiger partial charge in [-0.2, -0.15) is 0 Å². The number of nitrogens with one attached hydrogen (secondary N) is 1. The van der Waals surface area contributed by atoms with Crippen molar-refractivity contribution in [2.24, 2.45) is 10.4 Å². The monoisotopic (exact) mass is 513 g/mol. The van der Waals surface area contributed by atoms with Gasteiger partial charge in [0, 0.05) is 15.7 Å². The molecule has 1 heterocycles. The van der Waals surface area contributed by atoms with E-state index in [4.69, 9.17) is 40.4 Å². The standard InChI is InChI=1S/C28H33Cl2N3S/c1-19-8-13-22(14-9-19)33-26(34)32-25(28(33)16-6-5-7-17-28)31-24(27(2,3)4)15-11-20-10-12-21(29)18-23(20)30/h8-15,18,24H,5-7,16-17H2,1-4H3,(H,31,32,34). The van der Waals surface area contributed by atoms with Crippen molar-refractivity contribution < 1.29 is 0 Å². The molecule has 1 aliphatic carbocycles. The minimum absolute atomic E-state index is 0.0543. The van der Waals surface area contributed by atoms with Crippen molar-refractivity contribution in [2.45, 2.75) is 71.4 Å². The molecule has 180 valence electrons. The van der Waals surface area contributed by atoms with E-state index in [-0.39, 0.29) is 17.0 Å². The molecule has 1 saturated carbocycles. The van der Waals surface area contributed by atoms with Crippen LogP contribution in [0.4, 0.5) is 5.69 Å². The van der Waals surface area contributed by atoms with E-state index in [0.717, 1.165) is 35.0 Å². The number of hydrogen-bond donors (Lipinski definition) is 1. The summed E-state index contributed by atoms with van der Waals surface area (Å²) in [4.78, 5) is 7.67. The van der Waals surface area contributed by atoms with E-state index in [2.05, 4.69) is 74.3 Å². The third kappa shape index (κ3) is 5.19. The smallest absolute Gasteiger partial charge is 0.179 e. The maximum Gasteiger partial charge on any atom is 0.179 e. The molecule has 1 N–H and O–H groups in total. The van der Waals surface area contributed by atoms with Crippen LogP contribution in [-0.4, -0.2) is 22.5 Å². The van der Waals surface area contributed by atoms with Crippen molar-refractivity contribution in [3.63, 3.8) is 0 Å². The van der Waals surface area contributed by atoms with Crippen LogP contribution < -0.4 is 10.2 Å². The average Bonchev–Trinajstić information content (AvgIpc) is 3.03. The molecule has 4 rings (SSSR count). The van der Waals surface area contributed by atoms with Crippen LogP contribution in [-0.2, 0) is 0 Å². The van der Waals surface area contributed by atoms with E-state index in [9.17, 15) is 0 Å². The van der Waals surface area contributed by atoms with Crippen molar-refractivity contribution in [1.82, 2.24) is 5.32 Å². The minimum atomic E-state index is -0.222. The highest BCUT2D eigenvalue weighted by molar-refractivity contribution is 7.80. The van der Waals surface area contributed by atoms with Gasteiger partial charge in [-0.25, -0.2) is 0 Å². The Labute approximate surface area is 219 Å². The Kier molecular flexibility index (Phi) is 7.42. The zero-order valence-corrected chi connectivity index (χ0v) is 22.7. The number of halogens is 2. The lowest BCUT2D eigenvalue weighted by Crippen LogP contribution is -2.51. The average molecular weight is 515 g/mol. The summed E-state index contributed by atoms with van der Waals surface area (Å²) in [6.07, 6.45) is 9.87. The third-order valence-corrected chi connectivity index (χ3v) is 7.69. The number of nitrogens with zero attached hydrogens (tertiary/aromatic N) is 2. The van der Waals surface area contributed by atoms with Crippen LogP contribution in [0, 0.1) is 12.3 Å². The number of amidine groups is 1. The summed E-state index contributed by atoms with van der Waals surface area (Å²) in [5, 5.41) is 5.54. The number of hydrogen-bond acceptors (Lipinski definition) is 2. The number of aliphatic imine (C=N–C) groups is 1. The van der Waals surface area contributed by atoms with Crippen LogP contribution in [0.2, 0.25) is 10.0 Å². The summed E-state index contributed by atoms with van der Waals surface area (Å²) in [7, 11) is 0. The lowest BCUT2D eigenvalue weighted by molar-refractivity contribution is 0.357. The van der Waals surface area contributed by atoms with Crippen LogP contribution in [0.3, 0.4) is 0 Å². The SMILES string of the molecule is Cc1ccc(N2C(=S)NC(=NC(C=Cc3ccc(Cl)cc3Cl)C(C)(C)C)C23CCCCC3)cc1. The molecule has 0 amide bonds. The summed E-state index contributed by atoms with van der Waals surface area (Å²) in [5.74, 6) is 0.990. The van der Waals surface area contributed by atoms with Gasteiger partial charge in [-0.3, -0.25) is 4.99 Å². The molecule has 1 atom stereocenters. The number of rotatable bonds is 4. The van der Waals surface area contributed by atoms with E-state index in [1.165, 1.54) is 24.8 Å². The predicted octanol–water partition coefficient (Wildman–Crippen LogP) is 8.23. The summed E-state index contributed by atoms with van der Waals surface area (Å²) in [5.41, 5.74) is 3.00. The van der Waals surface area contributed by atoms with Gasteiger partial charge in [-0.05, 0) is 67.2 Å². The molecule has 0 aromatic heterocycles. The molecule has 2 aromatic rings. The molecule has 3 nitrogen and oxygen atoms in total. The second-order valence-corrected chi connectivity index (χ2v) is 11.7. The molecule has 2 aliphatic rings. The van der Waals surface area contributed by atoms with Gasteiger partial charge in [0.05, 0.1) is 6.04 Å².